The monoisotopic (exact) mass is 1710 g/mol. The van der Waals surface area contributed by atoms with Crippen molar-refractivity contribution in [1.82, 2.24) is 0 Å². The van der Waals surface area contributed by atoms with Crippen LogP contribution in [0.3, 0.4) is 0 Å². The summed E-state index contributed by atoms with van der Waals surface area (Å²) in [6.07, 6.45) is 78.4. The Labute approximate surface area is 671 Å². The van der Waals surface area contributed by atoms with Gasteiger partial charge >= 0.3 is 114 Å². The number of hydrogen-bond donors (Lipinski definition) is 0. The zero-order valence-corrected chi connectivity index (χ0v) is 77.3. The van der Waals surface area contributed by atoms with E-state index in [1.54, 1.807) is 10.4 Å². The Balaban J connectivity index is 0.000000703. The van der Waals surface area contributed by atoms with Gasteiger partial charge in [0, 0.05) is 0 Å². The number of rotatable bonds is 23. The fourth-order valence-corrected chi connectivity index (χ4v) is 29.4. The molecule has 10 aliphatic rings. The van der Waals surface area contributed by atoms with Gasteiger partial charge in [-0.2, -0.15) is 0 Å². The molecule has 0 spiro atoms. The summed E-state index contributed by atoms with van der Waals surface area (Å²) in [6, 6.07) is 23.9. The van der Waals surface area contributed by atoms with Crippen LogP contribution in [0.15, 0.2) is 171 Å². The fraction of sp³-hybridized carbons (Fsp3) is 0.596. The Kier molecular flexibility index (Phi) is 51.3. The van der Waals surface area contributed by atoms with Crippen molar-refractivity contribution in [3.05, 3.63) is 215 Å². The zero-order chi connectivity index (χ0) is 66.6. The molecule has 2 aromatic rings. The van der Waals surface area contributed by atoms with Gasteiger partial charge in [0.15, 0.2) is 0 Å². The molecule has 0 bridgehead atoms. The van der Waals surface area contributed by atoms with Gasteiger partial charge in [0.2, 0.25) is 0 Å². The van der Waals surface area contributed by atoms with Crippen molar-refractivity contribution in [1.29, 1.82) is 0 Å². The first-order valence-corrected chi connectivity index (χ1v) is 58.6. The molecule has 16 unspecified atom stereocenters. The molecule has 0 saturated heterocycles. The number of hydrogen-bond acceptors (Lipinski definition) is 0. The number of allylic oxidation sites excluding steroid dienone is 17. The Morgan fingerprint density at radius 2 is 0.707 bits per heavy atom. The molecule has 552 valence electrons. The van der Waals surface area contributed by atoms with E-state index in [1.807, 2.05) is 0 Å². The molecule has 6 saturated carbocycles. The number of fused-ring (bicyclic) bond motifs is 4. The first kappa shape index (κ1) is 97.7. The van der Waals surface area contributed by atoms with Crippen molar-refractivity contribution in [2.24, 2.45) is 106 Å². The number of unbranched alkanes of at least 4 members (excludes halogenated alkanes) is 2. The first-order chi connectivity index (χ1) is 45.4. The Morgan fingerprint density at radius 3 is 1.06 bits per heavy atom. The van der Waals surface area contributed by atoms with E-state index >= 15 is 0 Å². The molecule has 10 heteroatoms. The van der Waals surface area contributed by atoms with Crippen LogP contribution in [-0.4, -0.2) is 8.07 Å². The topological polar surface area (TPSA) is 0 Å². The van der Waals surface area contributed by atoms with E-state index in [4.69, 9.17) is 51.1 Å². The van der Waals surface area contributed by atoms with E-state index < -0.39 is 70.6 Å². The normalized spacial score (nSPS) is 29.0. The van der Waals surface area contributed by atoms with Gasteiger partial charge < -0.3 is 44.6 Å². The zero-order valence-electron chi connectivity index (χ0n) is 64.3. The molecule has 0 radical (unpaired) electrons. The van der Waals surface area contributed by atoms with Crippen molar-refractivity contribution >= 4 is 69.5 Å². The molecule has 0 nitrogen and oxygen atoms in total. The van der Waals surface area contributed by atoms with E-state index in [0.29, 0.717) is 34.5 Å². The van der Waals surface area contributed by atoms with E-state index in [1.165, 1.54) is 167 Å². The van der Waals surface area contributed by atoms with Gasteiger partial charge in [-0.1, -0.05) is 313 Å². The van der Waals surface area contributed by atoms with Crippen LogP contribution in [0.4, 0.5) is 0 Å². The fourth-order valence-electron chi connectivity index (χ4n) is 22.1. The SMILES string of the molecule is C=CCCC1CC(C(CCCC)(CCCC)C2CCCC2)C2C=CC=CC12.CCCC1CC(C(C)(C)C2CCCC2)C2C=CC=CC12.CCCC1CC([Si](c2ccccc2)(c2ccccc2)C2CC(CCC)C3C=CC=CC32)C2C=CC=CC12.[CH3-].[CH3-].[CH3-].[CH3-].[CH3-].[CH3-].[Cl][Zr+2][Cl].[Cl][Zr+2][Cl].[Cl][Zr+2][Cl]. The van der Waals surface area contributed by atoms with Crippen LogP contribution in [0.2, 0.25) is 11.1 Å². The molecule has 0 heterocycles. The van der Waals surface area contributed by atoms with Crippen LogP contribution >= 0.6 is 51.1 Å². The van der Waals surface area contributed by atoms with Crippen LogP contribution in [-0.2, 0) is 62.5 Å². The van der Waals surface area contributed by atoms with Crippen molar-refractivity contribution in [3.63, 3.8) is 0 Å². The first-order valence-electron chi connectivity index (χ1n) is 37.4. The third-order valence-electron chi connectivity index (χ3n) is 25.8. The van der Waals surface area contributed by atoms with Gasteiger partial charge in [-0.05, 0) is 194 Å². The molecule has 0 amide bonds. The molecular formula is C89H138Cl6SiZr3. The summed E-state index contributed by atoms with van der Waals surface area (Å²) in [7, 11) is 27.4. The predicted molar refractivity (Wildman–Crippen MR) is 443 cm³/mol. The van der Waals surface area contributed by atoms with Gasteiger partial charge in [0.1, 0.15) is 8.07 Å². The molecule has 10 aliphatic carbocycles. The molecule has 0 N–H and O–H groups in total. The number of benzene rings is 2. The third-order valence-corrected chi connectivity index (χ3v) is 32.0. The van der Waals surface area contributed by atoms with E-state index in [-0.39, 0.29) is 44.6 Å². The second kappa shape index (κ2) is 51.9. The van der Waals surface area contributed by atoms with Gasteiger partial charge in [0.05, 0.1) is 0 Å². The molecular weight excluding hydrogens is 1580 g/mol. The second-order valence-corrected chi connectivity index (χ2v) is 46.0. The Bertz CT molecular complexity index is 2570. The molecule has 6 fully saturated rings. The van der Waals surface area contributed by atoms with Crippen LogP contribution in [0.5, 0.6) is 0 Å². The average molecular weight is 1720 g/mol. The minimum atomic E-state index is -2.21. The van der Waals surface area contributed by atoms with Gasteiger partial charge in [0.25, 0.3) is 0 Å². The van der Waals surface area contributed by atoms with Gasteiger partial charge in [-0.3, -0.25) is 0 Å². The molecule has 12 rings (SSSR count). The standard InChI is InChI=1S/C36H44Si.C27H44.C20H32.6CH3.6ClH.3Zr/c1-3-15-27-25-35(33-23-13-11-21-31(27)33)37(29-17-7-5-8-18-29,30-19-9-6-10-20-30)36-26-28(16-4-2)32-22-12-14-24-34(32)36;1-4-7-14-22-21-26(25-18-13-12-17-24(22)25)27(19-8-5-2,20-9-6-3)23-15-10-11-16-23;1-4-9-15-14-19(18-13-8-7-12-17(15)18)20(2,3)16-10-5-6-11-16;;;;;;;;;;;;;;;/h5-14,17-24,27-28,31-36H,3-4,15-16,25-26H2,1-2H3;4,12-13,17-18,22-26H,1,5-11,14-16,19-21H2,2-3H3;7-8,12-13,15-19H,4-6,9-11,14H2,1-3H3;6*1H3;6*1H;;;/q;;;6*-1;;;;;;;3*+4/p-6. The Hall–Kier alpha value is 0.706. The molecule has 16 atom stereocenters. The second-order valence-electron chi connectivity index (χ2n) is 30.4. The van der Waals surface area contributed by atoms with Crippen molar-refractivity contribution in [3.8, 4) is 0 Å². The third kappa shape index (κ3) is 24.6. The van der Waals surface area contributed by atoms with Crippen LogP contribution in [0.1, 0.15) is 215 Å². The summed E-state index contributed by atoms with van der Waals surface area (Å²) >= 11 is -2.48. The van der Waals surface area contributed by atoms with Crippen molar-refractivity contribution in [2.45, 2.75) is 226 Å². The summed E-state index contributed by atoms with van der Waals surface area (Å²) in [5.41, 5.74) is 2.64. The minimum absolute atomic E-state index is 0. The van der Waals surface area contributed by atoms with Crippen LogP contribution in [0.25, 0.3) is 0 Å². The van der Waals surface area contributed by atoms with Crippen molar-refractivity contribution in [2.75, 3.05) is 0 Å². The molecule has 99 heavy (non-hydrogen) atoms. The van der Waals surface area contributed by atoms with E-state index in [9.17, 15) is 0 Å². The quantitative estimate of drug-likeness (QED) is 0.0591. The predicted octanol–water partition coefficient (Wildman–Crippen LogP) is 29.7. The van der Waals surface area contributed by atoms with E-state index in [0.717, 1.165) is 82.1 Å². The summed E-state index contributed by atoms with van der Waals surface area (Å²) in [5, 5.41) is 3.38. The van der Waals surface area contributed by atoms with Gasteiger partial charge in [-0.15, -0.1) is 6.58 Å². The summed E-state index contributed by atoms with van der Waals surface area (Å²) in [5.74, 6) is 13.3. The van der Waals surface area contributed by atoms with Crippen LogP contribution < -0.4 is 10.4 Å². The van der Waals surface area contributed by atoms with Gasteiger partial charge in [-0.25, -0.2) is 0 Å². The summed E-state index contributed by atoms with van der Waals surface area (Å²) in [6.45, 7) is 21.1. The number of halogens is 6. The van der Waals surface area contributed by atoms with E-state index in [2.05, 4.69) is 219 Å². The Morgan fingerprint density at radius 1 is 0.404 bits per heavy atom. The molecule has 0 aliphatic heterocycles. The summed E-state index contributed by atoms with van der Waals surface area (Å²) in [4.78, 5) is 0. The molecule has 0 aromatic heterocycles. The summed E-state index contributed by atoms with van der Waals surface area (Å²) < 4.78 is 0. The van der Waals surface area contributed by atoms with Crippen LogP contribution in [0, 0.1) is 150 Å². The average Bonchev–Trinajstić information content (AvgIpc) is 1.60. The maximum atomic E-state index is 4.93. The van der Waals surface area contributed by atoms with Crippen molar-refractivity contribution < 1.29 is 62.5 Å². The maximum absolute atomic E-state index is 4.93. The molecule has 2 aromatic carbocycles.